The van der Waals surface area contributed by atoms with E-state index < -0.39 is 0 Å². The lowest BCUT2D eigenvalue weighted by Crippen LogP contribution is -2.44. The number of likely N-dealkylation sites (tertiary alicyclic amines) is 1. The van der Waals surface area contributed by atoms with Gasteiger partial charge in [0.1, 0.15) is 0 Å². The number of hydrogen-bond donors (Lipinski definition) is 1. The van der Waals surface area contributed by atoms with Gasteiger partial charge in [0, 0.05) is 24.7 Å². The van der Waals surface area contributed by atoms with Gasteiger partial charge in [0.25, 0.3) is 0 Å². The summed E-state index contributed by atoms with van der Waals surface area (Å²) in [5.74, 6) is 0.712. The van der Waals surface area contributed by atoms with Gasteiger partial charge in [-0.05, 0) is 38.2 Å². The highest BCUT2D eigenvalue weighted by atomic mass is 32.2. The van der Waals surface area contributed by atoms with Gasteiger partial charge in [0.2, 0.25) is 5.91 Å². The summed E-state index contributed by atoms with van der Waals surface area (Å²) in [6, 6.07) is 10.8. The van der Waals surface area contributed by atoms with E-state index in [-0.39, 0.29) is 5.91 Å². The van der Waals surface area contributed by atoms with Crippen LogP contribution in [0, 0.1) is 6.92 Å². The molecule has 3 rings (SSSR count). The maximum Gasteiger partial charge on any atom is 0.233 e. The number of aromatic nitrogens is 2. The molecule has 0 spiro atoms. The first-order chi connectivity index (χ1) is 12.2. The average molecular weight is 358 g/mol. The minimum atomic E-state index is 0.246. The second kappa shape index (κ2) is 8.56. The second-order valence-electron chi connectivity index (χ2n) is 6.71. The maximum atomic E-state index is 12.6. The highest BCUT2D eigenvalue weighted by Gasteiger charge is 2.25. The van der Waals surface area contributed by atoms with Gasteiger partial charge in [-0.2, -0.15) is 0 Å². The minimum Gasteiger partial charge on any atom is -0.339 e. The standard InChI is InChI=1S/C20H27N3OS/c1-3-17-11-7-8-12-23(17)19(24)14-25-20-21-15(2)18(22-20)13-16-9-5-4-6-10-16/h4-6,9-10,17H,3,7-8,11-14H2,1-2H3,(H,21,22). The summed E-state index contributed by atoms with van der Waals surface area (Å²) in [4.78, 5) is 22.7. The third kappa shape index (κ3) is 4.66. The van der Waals surface area contributed by atoms with E-state index in [1.54, 1.807) is 0 Å². The first-order valence-corrected chi connectivity index (χ1v) is 10.2. The first-order valence-electron chi connectivity index (χ1n) is 9.19. The van der Waals surface area contributed by atoms with Crippen LogP contribution in [0.1, 0.15) is 49.6 Å². The number of piperidine rings is 1. The van der Waals surface area contributed by atoms with E-state index in [9.17, 15) is 4.79 Å². The van der Waals surface area contributed by atoms with Gasteiger partial charge in [-0.15, -0.1) is 0 Å². The molecule has 0 radical (unpaired) electrons. The molecule has 25 heavy (non-hydrogen) atoms. The average Bonchev–Trinajstić information content (AvgIpc) is 3.00. The Hall–Kier alpha value is -1.75. The number of aromatic amines is 1. The van der Waals surface area contributed by atoms with Gasteiger partial charge in [-0.1, -0.05) is 49.0 Å². The lowest BCUT2D eigenvalue weighted by molar-refractivity contribution is -0.132. The maximum absolute atomic E-state index is 12.6. The summed E-state index contributed by atoms with van der Waals surface area (Å²) in [5.41, 5.74) is 3.40. The summed E-state index contributed by atoms with van der Waals surface area (Å²) < 4.78 is 0. The summed E-state index contributed by atoms with van der Waals surface area (Å²) in [6.45, 7) is 5.14. The molecular weight excluding hydrogens is 330 g/mol. The van der Waals surface area contributed by atoms with Crippen LogP contribution in [0.2, 0.25) is 0 Å². The highest BCUT2D eigenvalue weighted by molar-refractivity contribution is 7.99. The van der Waals surface area contributed by atoms with E-state index in [4.69, 9.17) is 4.98 Å². The van der Waals surface area contributed by atoms with Crippen LogP contribution in [0.4, 0.5) is 0 Å². The molecular formula is C20H27N3OS. The number of H-pyrrole nitrogens is 1. The molecule has 0 aliphatic carbocycles. The monoisotopic (exact) mass is 357 g/mol. The predicted octanol–water partition coefficient (Wildman–Crippen LogP) is 4.19. The molecule has 1 aliphatic rings. The lowest BCUT2D eigenvalue weighted by atomic mass is 10.0. The Labute approximate surface area is 154 Å². The number of nitrogens with zero attached hydrogens (tertiary/aromatic N) is 2. The number of thioether (sulfide) groups is 1. The van der Waals surface area contributed by atoms with Crippen LogP contribution in [0.25, 0.3) is 0 Å². The van der Waals surface area contributed by atoms with Crippen molar-refractivity contribution in [2.75, 3.05) is 12.3 Å². The minimum absolute atomic E-state index is 0.246. The number of benzene rings is 1. The van der Waals surface area contributed by atoms with Crippen LogP contribution in [0.5, 0.6) is 0 Å². The van der Waals surface area contributed by atoms with Crippen molar-refractivity contribution in [1.29, 1.82) is 0 Å². The van der Waals surface area contributed by atoms with Gasteiger partial charge >= 0.3 is 0 Å². The highest BCUT2D eigenvalue weighted by Crippen LogP contribution is 2.23. The van der Waals surface area contributed by atoms with Crippen LogP contribution in [-0.4, -0.2) is 39.1 Å². The molecule has 1 unspecified atom stereocenters. The van der Waals surface area contributed by atoms with E-state index >= 15 is 0 Å². The normalized spacial score (nSPS) is 17.7. The molecule has 1 N–H and O–H groups in total. The fraction of sp³-hybridized carbons (Fsp3) is 0.500. The van der Waals surface area contributed by atoms with Crippen molar-refractivity contribution >= 4 is 17.7 Å². The van der Waals surface area contributed by atoms with E-state index in [2.05, 4.69) is 48.0 Å². The number of imidazole rings is 1. The van der Waals surface area contributed by atoms with Crippen LogP contribution in [-0.2, 0) is 11.2 Å². The largest absolute Gasteiger partial charge is 0.339 e. The molecule has 4 nitrogen and oxygen atoms in total. The lowest BCUT2D eigenvalue weighted by Gasteiger charge is -2.35. The smallest absolute Gasteiger partial charge is 0.233 e. The Morgan fingerprint density at radius 3 is 2.88 bits per heavy atom. The number of carbonyl (C=O) groups is 1. The molecule has 1 aromatic heterocycles. The van der Waals surface area contributed by atoms with Crippen molar-refractivity contribution in [3.8, 4) is 0 Å². The van der Waals surface area contributed by atoms with Crippen molar-refractivity contribution in [3.63, 3.8) is 0 Å². The molecule has 0 bridgehead atoms. The molecule has 1 aromatic carbocycles. The zero-order chi connectivity index (χ0) is 17.6. The molecule has 2 heterocycles. The molecule has 2 aromatic rings. The Balaban J connectivity index is 1.58. The fourth-order valence-electron chi connectivity index (χ4n) is 3.46. The molecule has 1 fully saturated rings. The second-order valence-corrected chi connectivity index (χ2v) is 7.67. The molecule has 0 saturated carbocycles. The van der Waals surface area contributed by atoms with Gasteiger partial charge < -0.3 is 9.88 Å². The van der Waals surface area contributed by atoms with Crippen molar-refractivity contribution in [2.24, 2.45) is 0 Å². The quantitative estimate of drug-likeness (QED) is 0.789. The molecule has 1 atom stereocenters. The summed E-state index contributed by atoms with van der Waals surface area (Å²) in [7, 11) is 0. The summed E-state index contributed by atoms with van der Waals surface area (Å²) in [6.07, 6.45) is 5.40. The van der Waals surface area contributed by atoms with Crippen molar-refractivity contribution in [1.82, 2.24) is 14.9 Å². The van der Waals surface area contributed by atoms with E-state index in [1.165, 1.54) is 23.7 Å². The number of nitrogens with one attached hydrogen (secondary N) is 1. The van der Waals surface area contributed by atoms with Crippen molar-refractivity contribution in [3.05, 3.63) is 47.3 Å². The SMILES string of the molecule is CCC1CCCCN1C(=O)CSc1nc(Cc2ccccc2)c(C)[nH]1. The van der Waals surface area contributed by atoms with Crippen LogP contribution >= 0.6 is 11.8 Å². The zero-order valence-corrected chi connectivity index (χ0v) is 15.9. The number of hydrogen-bond acceptors (Lipinski definition) is 3. The van der Waals surface area contributed by atoms with Crippen molar-refractivity contribution in [2.45, 2.75) is 57.1 Å². The van der Waals surface area contributed by atoms with Crippen LogP contribution < -0.4 is 0 Å². The number of aryl methyl sites for hydroxylation is 1. The third-order valence-electron chi connectivity index (χ3n) is 4.93. The fourth-order valence-corrected chi connectivity index (χ4v) is 4.29. The molecule has 1 amide bonds. The zero-order valence-electron chi connectivity index (χ0n) is 15.1. The van der Waals surface area contributed by atoms with Gasteiger partial charge in [0.15, 0.2) is 5.16 Å². The van der Waals surface area contributed by atoms with Crippen LogP contribution in [0.3, 0.4) is 0 Å². The topological polar surface area (TPSA) is 49.0 Å². The van der Waals surface area contributed by atoms with E-state index in [0.717, 1.165) is 48.8 Å². The number of amides is 1. The molecule has 134 valence electrons. The van der Waals surface area contributed by atoms with E-state index in [1.807, 2.05) is 6.07 Å². The van der Waals surface area contributed by atoms with E-state index in [0.29, 0.717) is 11.8 Å². The summed E-state index contributed by atoms with van der Waals surface area (Å²) in [5, 5.41) is 0.849. The predicted molar refractivity (Wildman–Crippen MR) is 103 cm³/mol. The number of carbonyl (C=O) groups excluding carboxylic acids is 1. The Morgan fingerprint density at radius 2 is 2.12 bits per heavy atom. The van der Waals surface area contributed by atoms with Crippen molar-refractivity contribution < 1.29 is 4.79 Å². The van der Waals surface area contributed by atoms with Gasteiger partial charge in [-0.3, -0.25) is 4.79 Å². The third-order valence-corrected chi connectivity index (χ3v) is 5.79. The van der Waals surface area contributed by atoms with Gasteiger partial charge in [-0.25, -0.2) is 4.98 Å². The summed E-state index contributed by atoms with van der Waals surface area (Å²) >= 11 is 1.52. The Bertz CT molecular complexity index is 698. The van der Waals surface area contributed by atoms with Gasteiger partial charge in [0.05, 0.1) is 11.4 Å². The van der Waals surface area contributed by atoms with Crippen LogP contribution in [0.15, 0.2) is 35.5 Å². The molecule has 5 heteroatoms. The first kappa shape index (κ1) is 18.1. The molecule has 1 saturated heterocycles. The number of rotatable bonds is 6. The Kier molecular flexibility index (Phi) is 6.19. The molecule has 1 aliphatic heterocycles. The Morgan fingerprint density at radius 1 is 1.32 bits per heavy atom.